The summed E-state index contributed by atoms with van der Waals surface area (Å²) in [6.07, 6.45) is 3.37. The second-order valence-electron chi connectivity index (χ2n) is 7.14. The molecular formula is C19H23FN7O2+. The molecule has 0 atom stereocenters. The van der Waals surface area contributed by atoms with Gasteiger partial charge in [0.15, 0.2) is 0 Å². The molecule has 2 amide bonds. The molecule has 4 rings (SSSR count). The number of carbonyl (C=O) groups excluding carboxylic acids is 1. The Morgan fingerprint density at radius 3 is 2.76 bits per heavy atom. The third-order valence-electron chi connectivity index (χ3n) is 5.03. The molecule has 152 valence electrons. The average Bonchev–Trinajstić information content (AvgIpc) is 3.38. The van der Waals surface area contributed by atoms with E-state index in [-0.39, 0.29) is 17.9 Å². The van der Waals surface area contributed by atoms with Gasteiger partial charge in [0.25, 0.3) is 0 Å². The predicted octanol–water partition coefficient (Wildman–Crippen LogP) is 0.822. The Labute approximate surface area is 166 Å². The summed E-state index contributed by atoms with van der Waals surface area (Å²) in [7, 11) is 0. The highest BCUT2D eigenvalue weighted by atomic mass is 19.1. The monoisotopic (exact) mass is 400 g/mol. The molecule has 10 heteroatoms. The molecule has 1 fully saturated rings. The van der Waals surface area contributed by atoms with Gasteiger partial charge in [-0.15, -0.1) is 5.10 Å². The maximum absolute atomic E-state index is 12.9. The molecule has 29 heavy (non-hydrogen) atoms. The number of rotatable bonds is 6. The summed E-state index contributed by atoms with van der Waals surface area (Å²) < 4.78 is 20.1. The van der Waals surface area contributed by atoms with Crippen molar-refractivity contribution in [1.82, 2.24) is 25.5 Å². The van der Waals surface area contributed by atoms with Gasteiger partial charge in [-0.25, -0.2) is 13.9 Å². The first kappa shape index (κ1) is 19.1. The van der Waals surface area contributed by atoms with Crippen LogP contribution in [0.3, 0.4) is 0 Å². The Morgan fingerprint density at radius 1 is 1.24 bits per heavy atom. The number of likely N-dealkylation sites (tertiary alicyclic amines) is 1. The van der Waals surface area contributed by atoms with E-state index in [0.29, 0.717) is 12.2 Å². The summed E-state index contributed by atoms with van der Waals surface area (Å²) >= 11 is 0. The molecule has 0 radical (unpaired) electrons. The van der Waals surface area contributed by atoms with Crippen LogP contribution in [0.25, 0.3) is 0 Å². The normalized spacial score (nSPS) is 19.1. The highest BCUT2D eigenvalue weighted by Gasteiger charge is 2.25. The number of aromatic nitrogens is 4. The third kappa shape index (κ3) is 5.17. The fourth-order valence-electron chi connectivity index (χ4n) is 3.48. The number of hydrogen-bond donors (Lipinski definition) is 3. The summed E-state index contributed by atoms with van der Waals surface area (Å²) in [6.45, 7) is 3.06. The standard InChI is InChI=1S/C19H22FN7O2/c20-14-3-5-15(6-4-14)21-19(28)22-16-7-9-26(10-8-16)13-18-23-24-25-27(18)12-17-2-1-11-29-17/h1-6,11,16H,7-10,12-13H2,(H2,21,22,28)/p+1. The van der Waals surface area contributed by atoms with Crippen LogP contribution in [0.2, 0.25) is 0 Å². The highest BCUT2D eigenvalue weighted by molar-refractivity contribution is 5.89. The Balaban J connectivity index is 1.23. The van der Waals surface area contributed by atoms with Gasteiger partial charge in [-0.2, -0.15) is 0 Å². The summed E-state index contributed by atoms with van der Waals surface area (Å²) in [4.78, 5) is 13.5. The van der Waals surface area contributed by atoms with Crippen molar-refractivity contribution in [3.63, 3.8) is 0 Å². The number of tetrazole rings is 1. The first-order chi connectivity index (χ1) is 14.2. The molecule has 9 nitrogen and oxygen atoms in total. The van der Waals surface area contributed by atoms with E-state index in [2.05, 4.69) is 26.2 Å². The Kier molecular flexibility index (Phi) is 5.80. The number of furan rings is 1. The fraction of sp³-hybridized carbons (Fsp3) is 0.368. The van der Waals surface area contributed by atoms with E-state index in [0.717, 1.165) is 44.1 Å². The number of amides is 2. The molecule has 3 N–H and O–H groups in total. The lowest BCUT2D eigenvalue weighted by atomic mass is 10.1. The van der Waals surface area contributed by atoms with Crippen LogP contribution in [0.1, 0.15) is 24.4 Å². The molecule has 1 aliphatic rings. The summed E-state index contributed by atoms with van der Waals surface area (Å²) in [5.41, 5.74) is 0.565. The van der Waals surface area contributed by atoms with Crippen LogP contribution in [-0.2, 0) is 13.1 Å². The van der Waals surface area contributed by atoms with Gasteiger partial charge in [-0.05, 0) is 46.8 Å². The largest absolute Gasteiger partial charge is 0.467 e. The molecule has 0 unspecified atom stereocenters. The van der Waals surface area contributed by atoms with Crippen LogP contribution < -0.4 is 15.5 Å². The minimum Gasteiger partial charge on any atom is -0.467 e. The van der Waals surface area contributed by atoms with Gasteiger partial charge < -0.3 is 20.0 Å². The topological polar surface area (TPSA) is 102 Å². The van der Waals surface area contributed by atoms with E-state index in [9.17, 15) is 9.18 Å². The predicted molar refractivity (Wildman–Crippen MR) is 102 cm³/mol. The number of hydrogen-bond acceptors (Lipinski definition) is 5. The van der Waals surface area contributed by atoms with Crippen molar-refractivity contribution in [1.29, 1.82) is 0 Å². The van der Waals surface area contributed by atoms with Gasteiger partial charge in [0.2, 0.25) is 5.82 Å². The van der Waals surface area contributed by atoms with Gasteiger partial charge in [-0.1, -0.05) is 0 Å². The summed E-state index contributed by atoms with van der Waals surface area (Å²) in [6, 6.07) is 9.28. The van der Waals surface area contributed by atoms with Crippen molar-refractivity contribution in [3.05, 3.63) is 60.1 Å². The SMILES string of the molecule is O=C(Nc1ccc(F)cc1)NC1CC[NH+](Cc2nnnn2Cc2ccco2)CC1. The van der Waals surface area contributed by atoms with Crippen LogP contribution in [0, 0.1) is 5.82 Å². The maximum Gasteiger partial charge on any atom is 0.319 e. The number of nitrogens with one attached hydrogen (secondary N) is 3. The van der Waals surface area contributed by atoms with E-state index >= 15 is 0 Å². The number of nitrogens with zero attached hydrogens (tertiary/aromatic N) is 4. The number of benzene rings is 1. The van der Waals surface area contributed by atoms with Crippen LogP contribution >= 0.6 is 0 Å². The second-order valence-corrected chi connectivity index (χ2v) is 7.14. The zero-order chi connectivity index (χ0) is 20.1. The van der Waals surface area contributed by atoms with Crippen LogP contribution in [0.15, 0.2) is 47.1 Å². The zero-order valence-corrected chi connectivity index (χ0v) is 15.8. The molecule has 1 aromatic carbocycles. The zero-order valence-electron chi connectivity index (χ0n) is 15.8. The highest BCUT2D eigenvalue weighted by Crippen LogP contribution is 2.09. The molecule has 3 heterocycles. The van der Waals surface area contributed by atoms with Gasteiger partial charge in [-0.3, -0.25) is 0 Å². The fourth-order valence-corrected chi connectivity index (χ4v) is 3.48. The molecule has 0 aliphatic carbocycles. The van der Waals surface area contributed by atoms with Gasteiger partial charge in [0, 0.05) is 24.6 Å². The van der Waals surface area contributed by atoms with E-state index in [4.69, 9.17) is 4.42 Å². The number of halogens is 1. The quantitative estimate of drug-likeness (QED) is 0.569. The van der Waals surface area contributed by atoms with E-state index in [1.165, 1.54) is 29.2 Å². The second kappa shape index (κ2) is 8.82. The Morgan fingerprint density at radius 2 is 2.03 bits per heavy atom. The van der Waals surface area contributed by atoms with Gasteiger partial charge >= 0.3 is 6.03 Å². The average molecular weight is 400 g/mol. The molecule has 0 saturated carbocycles. The van der Waals surface area contributed by atoms with Crippen molar-refractivity contribution in [2.45, 2.75) is 32.0 Å². The lowest BCUT2D eigenvalue weighted by Crippen LogP contribution is -3.12. The van der Waals surface area contributed by atoms with Crippen LogP contribution in [0.5, 0.6) is 0 Å². The Hall–Kier alpha value is -3.27. The first-order valence-electron chi connectivity index (χ1n) is 9.60. The molecule has 1 saturated heterocycles. The molecule has 0 spiro atoms. The van der Waals surface area contributed by atoms with Gasteiger partial charge in [0.05, 0.1) is 19.4 Å². The third-order valence-corrected chi connectivity index (χ3v) is 5.03. The minimum absolute atomic E-state index is 0.110. The molecule has 3 aromatic rings. The molecule has 1 aliphatic heterocycles. The lowest BCUT2D eigenvalue weighted by Gasteiger charge is -2.29. The summed E-state index contributed by atoms with van der Waals surface area (Å²) in [5.74, 6) is 1.29. The van der Waals surface area contributed by atoms with Crippen molar-refractivity contribution in [2.75, 3.05) is 18.4 Å². The van der Waals surface area contributed by atoms with E-state index in [1.54, 1.807) is 10.9 Å². The van der Waals surface area contributed by atoms with Crippen molar-refractivity contribution >= 4 is 11.7 Å². The lowest BCUT2D eigenvalue weighted by molar-refractivity contribution is -0.919. The molecular weight excluding hydrogens is 377 g/mol. The van der Waals surface area contributed by atoms with Crippen molar-refractivity contribution in [2.24, 2.45) is 0 Å². The minimum atomic E-state index is -0.332. The summed E-state index contributed by atoms with van der Waals surface area (Å²) in [5, 5.41) is 17.7. The molecule has 0 bridgehead atoms. The van der Waals surface area contributed by atoms with Gasteiger partial charge in [0.1, 0.15) is 24.7 Å². The number of urea groups is 1. The van der Waals surface area contributed by atoms with E-state index < -0.39 is 0 Å². The van der Waals surface area contributed by atoms with Crippen molar-refractivity contribution in [3.8, 4) is 0 Å². The number of anilines is 1. The smallest absolute Gasteiger partial charge is 0.319 e. The number of quaternary nitrogens is 1. The number of carbonyl (C=O) groups is 1. The van der Waals surface area contributed by atoms with E-state index in [1.807, 2.05) is 12.1 Å². The first-order valence-corrected chi connectivity index (χ1v) is 9.60. The maximum atomic E-state index is 12.9. The molecule has 2 aromatic heterocycles. The van der Waals surface area contributed by atoms with Crippen LogP contribution in [0.4, 0.5) is 14.9 Å². The van der Waals surface area contributed by atoms with Crippen molar-refractivity contribution < 1.29 is 18.5 Å². The van der Waals surface area contributed by atoms with Crippen LogP contribution in [-0.4, -0.2) is 45.4 Å². The Bertz CT molecular complexity index is 918. The number of piperidine rings is 1.